The van der Waals surface area contributed by atoms with Crippen molar-refractivity contribution in [1.82, 2.24) is 14.6 Å². The maximum absolute atomic E-state index is 5.25. The number of methoxy groups -OCH3 is 2. The van der Waals surface area contributed by atoms with Crippen LogP contribution in [0.5, 0.6) is 11.5 Å². The number of nitrogens with one attached hydrogen (secondary N) is 1. The van der Waals surface area contributed by atoms with Crippen molar-refractivity contribution in [3.63, 3.8) is 0 Å². The summed E-state index contributed by atoms with van der Waals surface area (Å²) < 4.78 is 12.2. The van der Waals surface area contributed by atoms with Crippen LogP contribution in [-0.2, 0) is 0 Å². The molecule has 0 unspecified atom stereocenters. The smallest absolute Gasteiger partial charge is 0.157 e. The fourth-order valence-electron chi connectivity index (χ4n) is 1.97. The van der Waals surface area contributed by atoms with Crippen molar-refractivity contribution in [1.29, 1.82) is 0 Å². The molecule has 0 aliphatic carbocycles. The van der Waals surface area contributed by atoms with E-state index in [9.17, 15) is 0 Å². The molecular formula is C14H14N4O2. The zero-order valence-electron chi connectivity index (χ0n) is 11.2. The lowest BCUT2D eigenvalue weighted by atomic mass is 10.2. The molecule has 20 heavy (non-hydrogen) atoms. The summed E-state index contributed by atoms with van der Waals surface area (Å²) in [7, 11) is 3.24. The van der Waals surface area contributed by atoms with Gasteiger partial charge >= 0.3 is 0 Å². The number of aromatic nitrogens is 3. The van der Waals surface area contributed by atoms with Gasteiger partial charge in [0.05, 0.1) is 14.2 Å². The lowest BCUT2D eigenvalue weighted by Gasteiger charge is -2.11. The summed E-state index contributed by atoms with van der Waals surface area (Å²) in [4.78, 5) is 4.15. The van der Waals surface area contributed by atoms with Gasteiger partial charge in [-0.25, -0.2) is 4.98 Å². The molecule has 0 bridgehead atoms. The quantitative estimate of drug-likeness (QED) is 0.789. The molecule has 102 valence electrons. The predicted octanol–water partition coefficient (Wildman–Crippen LogP) is 2.49. The number of hydrogen-bond acceptors (Lipinski definition) is 5. The Hall–Kier alpha value is -2.76. The molecule has 0 aliphatic rings. The Bertz CT molecular complexity index is 717. The minimum atomic E-state index is 0.720. The Balaban J connectivity index is 2.00. The molecule has 2 aromatic heterocycles. The number of anilines is 2. The maximum Gasteiger partial charge on any atom is 0.157 e. The minimum Gasteiger partial charge on any atom is -0.497 e. The summed E-state index contributed by atoms with van der Waals surface area (Å²) in [5.74, 6) is 2.26. The first-order valence-corrected chi connectivity index (χ1v) is 6.09. The van der Waals surface area contributed by atoms with E-state index in [4.69, 9.17) is 9.47 Å². The molecule has 0 atom stereocenters. The van der Waals surface area contributed by atoms with Crippen LogP contribution in [0.3, 0.4) is 0 Å². The normalized spacial score (nSPS) is 10.5. The molecule has 0 amide bonds. The summed E-state index contributed by atoms with van der Waals surface area (Å²) >= 11 is 0. The van der Waals surface area contributed by atoms with Crippen LogP contribution < -0.4 is 14.8 Å². The molecular weight excluding hydrogens is 256 g/mol. The lowest BCUT2D eigenvalue weighted by molar-refractivity contribution is 0.395. The fourth-order valence-corrected chi connectivity index (χ4v) is 1.97. The monoisotopic (exact) mass is 270 g/mol. The largest absolute Gasteiger partial charge is 0.497 e. The molecule has 0 aliphatic heterocycles. The van der Waals surface area contributed by atoms with E-state index in [1.165, 1.54) is 6.33 Å². The second-order valence-electron chi connectivity index (χ2n) is 4.17. The van der Waals surface area contributed by atoms with E-state index in [0.717, 1.165) is 28.7 Å². The molecule has 6 heteroatoms. The SMILES string of the molecule is COc1cc(Nc2cccc3ncnn23)cc(OC)c1. The van der Waals surface area contributed by atoms with Gasteiger partial charge < -0.3 is 14.8 Å². The number of pyridine rings is 1. The van der Waals surface area contributed by atoms with Crippen LogP contribution >= 0.6 is 0 Å². The van der Waals surface area contributed by atoms with Crippen molar-refractivity contribution in [3.8, 4) is 11.5 Å². The van der Waals surface area contributed by atoms with E-state index < -0.39 is 0 Å². The van der Waals surface area contributed by atoms with E-state index >= 15 is 0 Å². The van der Waals surface area contributed by atoms with Gasteiger partial charge in [0.2, 0.25) is 0 Å². The Kier molecular flexibility index (Phi) is 3.12. The van der Waals surface area contributed by atoms with Crippen LogP contribution in [0, 0.1) is 0 Å². The van der Waals surface area contributed by atoms with E-state index in [2.05, 4.69) is 15.4 Å². The lowest BCUT2D eigenvalue weighted by Crippen LogP contribution is -2.00. The van der Waals surface area contributed by atoms with Crippen molar-refractivity contribution >= 4 is 17.2 Å². The number of benzene rings is 1. The van der Waals surface area contributed by atoms with E-state index in [0.29, 0.717) is 0 Å². The van der Waals surface area contributed by atoms with Gasteiger partial charge in [0.25, 0.3) is 0 Å². The highest BCUT2D eigenvalue weighted by Crippen LogP contribution is 2.27. The van der Waals surface area contributed by atoms with Crippen molar-refractivity contribution in [2.75, 3.05) is 19.5 Å². The molecule has 6 nitrogen and oxygen atoms in total. The second-order valence-corrected chi connectivity index (χ2v) is 4.17. The summed E-state index contributed by atoms with van der Waals surface area (Å²) in [6.45, 7) is 0. The first-order chi connectivity index (χ1) is 9.80. The molecule has 1 aromatic carbocycles. The number of rotatable bonds is 4. The van der Waals surface area contributed by atoms with Crippen molar-refractivity contribution < 1.29 is 9.47 Å². The third kappa shape index (κ3) is 2.23. The van der Waals surface area contributed by atoms with Gasteiger partial charge in [-0.1, -0.05) is 6.07 Å². The minimum absolute atomic E-state index is 0.720. The highest BCUT2D eigenvalue weighted by molar-refractivity contribution is 5.63. The molecule has 2 heterocycles. The topological polar surface area (TPSA) is 60.7 Å². The standard InChI is InChI=1S/C14H14N4O2/c1-19-11-6-10(7-12(8-11)20-2)17-14-5-3-4-13-15-9-16-18(13)14/h3-9,17H,1-2H3. The average Bonchev–Trinajstić information content (AvgIpc) is 2.96. The van der Waals surface area contributed by atoms with Crippen LogP contribution in [0.25, 0.3) is 5.65 Å². The summed E-state index contributed by atoms with van der Waals surface area (Å²) in [5.41, 5.74) is 1.63. The third-order valence-corrected chi connectivity index (χ3v) is 2.93. The van der Waals surface area contributed by atoms with Gasteiger partial charge in [-0.05, 0) is 12.1 Å². The van der Waals surface area contributed by atoms with Gasteiger partial charge in [0.15, 0.2) is 5.65 Å². The number of ether oxygens (including phenoxy) is 2. The van der Waals surface area contributed by atoms with Crippen molar-refractivity contribution in [3.05, 3.63) is 42.7 Å². The molecule has 3 rings (SSSR count). The molecule has 1 N–H and O–H groups in total. The molecule has 0 fully saturated rings. The molecule has 0 radical (unpaired) electrons. The number of fused-ring (bicyclic) bond motifs is 1. The zero-order valence-corrected chi connectivity index (χ0v) is 11.2. The summed E-state index contributed by atoms with van der Waals surface area (Å²) in [6.07, 6.45) is 1.52. The molecule has 3 aromatic rings. The molecule has 0 saturated carbocycles. The van der Waals surface area contributed by atoms with Crippen molar-refractivity contribution in [2.45, 2.75) is 0 Å². The van der Waals surface area contributed by atoms with Crippen LogP contribution in [0.4, 0.5) is 11.5 Å². The Labute approximate surface area is 116 Å². The van der Waals surface area contributed by atoms with Gasteiger partial charge in [-0.15, -0.1) is 0 Å². The zero-order chi connectivity index (χ0) is 13.9. The highest BCUT2D eigenvalue weighted by Gasteiger charge is 2.05. The van der Waals surface area contributed by atoms with Gasteiger partial charge in [0.1, 0.15) is 23.6 Å². The third-order valence-electron chi connectivity index (χ3n) is 2.93. The van der Waals surface area contributed by atoms with Crippen LogP contribution in [-0.4, -0.2) is 28.8 Å². The van der Waals surface area contributed by atoms with Crippen LogP contribution in [0.2, 0.25) is 0 Å². The first kappa shape index (κ1) is 12.3. The van der Waals surface area contributed by atoms with E-state index in [-0.39, 0.29) is 0 Å². The molecule has 0 saturated heterocycles. The van der Waals surface area contributed by atoms with Gasteiger partial charge in [-0.2, -0.15) is 9.61 Å². The number of nitrogens with zero attached hydrogens (tertiary/aromatic N) is 3. The second kappa shape index (κ2) is 5.08. The van der Waals surface area contributed by atoms with Crippen molar-refractivity contribution in [2.24, 2.45) is 0 Å². The Morgan fingerprint density at radius 1 is 1.05 bits per heavy atom. The summed E-state index contributed by atoms with van der Waals surface area (Å²) in [6, 6.07) is 11.3. The van der Waals surface area contributed by atoms with E-state index in [1.54, 1.807) is 18.7 Å². The van der Waals surface area contributed by atoms with Gasteiger partial charge in [-0.3, -0.25) is 0 Å². The van der Waals surface area contributed by atoms with Crippen LogP contribution in [0.1, 0.15) is 0 Å². The highest BCUT2D eigenvalue weighted by atomic mass is 16.5. The number of hydrogen-bond donors (Lipinski definition) is 1. The van der Waals surface area contributed by atoms with Crippen LogP contribution in [0.15, 0.2) is 42.7 Å². The molecule has 0 spiro atoms. The fraction of sp³-hybridized carbons (Fsp3) is 0.143. The first-order valence-electron chi connectivity index (χ1n) is 6.09. The Morgan fingerprint density at radius 2 is 1.80 bits per heavy atom. The summed E-state index contributed by atoms with van der Waals surface area (Å²) in [5, 5.41) is 7.46. The van der Waals surface area contributed by atoms with E-state index in [1.807, 2.05) is 36.4 Å². The average molecular weight is 270 g/mol. The predicted molar refractivity (Wildman–Crippen MR) is 75.8 cm³/mol. The van der Waals surface area contributed by atoms with Gasteiger partial charge in [0, 0.05) is 23.9 Å². The Morgan fingerprint density at radius 3 is 2.50 bits per heavy atom. The maximum atomic E-state index is 5.25.